The molecule has 1 N–H and O–H groups in total. The van der Waals surface area contributed by atoms with Crippen molar-refractivity contribution in [1.82, 2.24) is 14.8 Å². The van der Waals surface area contributed by atoms with Crippen LogP contribution < -0.4 is 10.1 Å². The summed E-state index contributed by atoms with van der Waals surface area (Å²) in [4.78, 5) is 16.9. The number of anilines is 1. The molecule has 0 unspecified atom stereocenters. The first-order chi connectivity index (χ1) is 13.3. The topological polar surface area (TPSA) is 69.0 Å². The van der Waals surface area contributed by atoms with Crippen molar-refractivity contribution in [3.05, 3.63) is 89.1 Å². The molecule has 2 aromatic heterocycles. The maximum Gasteiger partial charge on any atom is 0.259 e. The molecule has 0 spiro atoms. The first kappa shape index (κ1) is 17.0. The van der Waals surface area contributed by atoms with Gasteiger partial charge in [0.05, 0.1) is 22.5 Å². The minimum absolute atomic E-state index is 0.226. The summed E-state index contributed by atoms with van der Waals surface area (Å²) in [5, 5.41) is 9.01. The monoisotopic (exact) mass is 376 g/mol. The number of benzene rings is 2. The molecule has 0 aliphatic heterocycles. The highest BCUT2D eigenvalue weighted by molar-refractivity contribution is 7.07. The number of thiazole rings is 1. The number of rotatable bonds is 6. The van der Waals surface area contributed by atoms with Gasteiger partial charge in [-0.2, -0.15) is 5.10 Å². The number of carbonyl (C=O) groups is 1. The second-order valence-corrected chi connectivity index (χ2v) is 6.43. The Balaban J connectivity index is 1.46. The van der Waals surface area contributed by atoms with Crippen molar-refractivity contribution in [1.29, 1.82) is 0 Å². The highest BCUT2D eigenvalue weighted by atomic mass is 32.1. The average molecular weight is 376 g/mol. The molecule has 0 aliphatic carbocycles. The molecule has 2 heterocycles. The van der Waals surface area contributed by atoms with E-state index in [2.05, 4.69) is 15.4 Å². The van der Waals surface area contributed by atoms with Crippen molar-refractivity contribution in [2.24, 2.45) is 0 Å². The molecule has 0 aliphatic rings. The van der Waals surface area contributed by atoms with E-state index in [1.54, 1.807) is 28.5 Å². The van der Waals surface area contributed by atoms with Gasteiger partial charge in [0.1, 0.15) is 12.4 Å². The van der Waals surface area contributed by atoms with Crippen LogP contribution in [0.15, 0.2) is 77.9 Å². The van der Waals surface area contributed by atoms with E-state index in [4.69, 9.17) is 4.74 Å². The molecular weight excluding hydrogens is 360 g/mol. The van der Waals surface area contributed by atoms with Crippen molar-refractivity contribution in [2.75, 3.05) is 5.32 Å². The van der Waals surface area contributed by atoms with E-state index in [1.165, 1.54) is 11.3 Å². The van der Waals surface area contributed by atoms with Gasteiger partial charge in [-0.3, -0.25) is 4.79 Å². The predicted molar refractivity (Wildman–Crippen MR) is 104 cm³/mol. The summed E-state index contributed by atoms with van der Waals surface area (Å²) in [6.07, 6.45) is 3.59. The highest BCUT2D eigenvalue weighted by Gasteiger charge is 2.13. The van der Waals surface area contributed by atoms with E-state index in [0.29, 0.717) is 23.6 Å². The van der Waals surface area contributed by atoms with Crippen LogP contribution in [0.5, 0.6) is 5.75 Å². The zero-order valence-electron chi connectivity index (χ0n) is 14.3. The molecule has 27 heavy (non-hydrogen) atoms. The summed E-state index contributed by atoms with van der Waals surface area (Å²) in [5.41, 5.74) is 4.69. The van der Waals surface area contributed by atoms with Gasteiger partial charge in [0, 0.05) is 23.5 Å². The van der Waals surface area contributed by atoms with Gasteiger partial charge >= 0.3 is 0 Å². The van der Waals surface area contributed by atoms with Crippen LogP contribution in [0.25, 0.3) is 5.69 Å². The van der Waals surface area contributed by atoms with Crippen molar-refractivity contribution in [3.8, 4) is 11.4 Å². The fourth-order valence-electron chi connectivity index (χ4n) is 2.56. The first-order valence-electron chi connectivity index (χ1n) is 8.30. The number of hydrogen-bond donors (Lipinski definition) is 1. The fourth-order valence-corrected chi connectivity index (χ4v) is 3.10. The Kier molecular flexibility index (Phi) is 4.93. The lowest BCUT2D eigenvalue weighted by atomic mass is 10.2. The SMILES string of the molecule is O=C(Nc1ccc(-n2cccn2)cc1)c1ccccc1OCc1cscn1. The van der Waals surface area contributed by atoms with E-state index >= 15 is 0 Å². The third-order valence-corrected chi connectivity index (χ3v) is 4.52. The molecule has 1 amide bonds. The van der Waals surface area contributed by atoms with Crippen molar-refractivity contribution in [2.45, 2.75) is 6.61 Å². The van der Waals surface area contributed by atoms with Crippen LogP contribution in [-0.2, 0) is 6.61 Å². The molecule has 0 radical (unpaired) electrons. The van der Waals surface area contributed by atoms with Crippen molar-refractivity contribution in [3.63, 3.8) is 0 Å². The Bertz CT molecular complexity index is 1010. The highest BCUT2D eigenvalue weighted by Crippen LogP contribution is 2.21. The summed E-state index contributed by atoms with van der Waals surface area (Å²) in [5.74, 6) is 0.298. The lowest BCUT2D eigenvalue weighted by Gasteiger charge is -2.11. The first-order valence-corrected chi connectivity index (χ1v) is 9.24. The Morgan fingerprint density at radius 1 is 1.11 bits per heavy atom. The number of aromatic nitrogens is 3. The molecule has 0 atom stereocenters. The molecule has 6 nitrogen and oxygen atoms in total. The zero-order chi connectivity index (χ0) is 18.5. The van der Waals surface area contributed by atoms with E-state index < -0.39 is 0 Å². The van der Waals surface area contributed by atoms with Crippen molar-refractivity contribution < 1.29 is 9.53 Å². The number of nitrogens with zero attached hydrogens (tertiary/aromatic N) is 3. The number of amides is 1. The summed E-state index contributed by atoms with van der Waals surface area (Å²) >= 11 is 1.51. The third kappa shape index (κ3) is 4.04. The standard InChI is InChI=1S/C20H16N4O2S/c25-20(23-15-6-8-17(9-7-15)24-11-3-10-22-24)18-4-1-2-5-19(18)26-12-16-13-27-14-21-16/h1-11,13-14H,12H2,(H,23,25). The van der Waals surface area contributed by atoms with Crippen molar-refractivity contribution >= 4 is 22.9 Å². The minimum Gasteiger partial charge on any atom is -0.486 e. The molecule has 4 rings (SSSR count). The van der Waals surface area contributed by atoms with Crippen LogP contribution in [0.2, 0.25) is 0 Å². The molecule has 2 aromatic carbocycles. The Hall–Kier alpha value is -3.45. The summed E-state index contributed by atoms with van der Waals surface area (Å²) in [6, 6.07) is 16.5. The normalized spacial score (nSPS) is 10.5. The number of ether oxygens (including phenoxy) is 1. The summed E-state index contributed by atoms with van der Waals surface area (Å²) in [7, 11) is 0. The second-order valence-electron chi connectivity index (χ2n) is 5.72. The number of nitrogens with one attached hydrogen (secondary N) is 1. The van der Waals surface area contributed by atoms with Crippen LogP contribution in [0, 0.1) is 0 Å². The Morgan fingerprint density at radius 2 is 1.96 bits per heavy atom. The second kappa shape index (κ2) is 7.84. The van der Waals surface area contributed by atoms with Crippen LogP contribution in [0.4, 0.5) is 5.69 Å². The molecule has 0 saturated heterocycles. The largest absolute Gasteiger partial charge is 0.486 e. The lowest BCUT2D eigenvalue weighted by molar-refractivity contribution is 0.102. The van der Waals surface area contributed by atoms with Gasteiger partial charge in [0.15, 0.2) is 0 Å². The smallest absolute Gasteiger partial charge is 0.259 e. The summed E-state index contributed by atoms with van der Waals surface area (Å²) in [6.45, 7) is 0.326. The molecule has 4 aromatic rings. The van der Waals surface area contributed by atoms with Gasteiger partial charge in [-0.25, -0.2) is 9.67 Å². The van der Waals surface area contributed by atoms with E-state index in [-0.39, 0.29) is 5.91 Å². The van der Waals surface area contributed by atoms with Gasteiger partial charge < -0.3 is 10.1 Å². The minimum atomic E-state index is -0.226. The van der Waals surface area contributed by atoms with Gasteiger partial charge in [-0.15, -0.1) is 11.3 Å². The number of carbonyl (C=O) groups excluding carboxylic acids is 1. The van der Waals surface area contributed by atoms with Gasteiger partial charge in [0.2, 0.25) is 0 Å². The lowest BCUT2D eigenvalue weighted by Crippen LogP contribution is -2.13. The van der Waals surface area contributed by atoms with Crippen LogP contribution in [0.3, 0.4) is 0 Å². The van der Waals surface area contributed by atoms with Gasteiger partial charge in [-0.05, 0) is 42.5 Å². The number of para-hydroxylation sites is 1. The molecule has 0 bridgehead atoms. The number of hydrogen-bond acceptors (Lipinski definition) is 5. The molecule has 0 saturated carbocycles. The molecule has 0 fully saturated rings. The molecule has 7 heteroatoms. The van der Waals surface area contributed by atoms with E-state index in [0.717, 1.165) is 11.4 Å². The van der Waals surface area contributed by atoms with Gasteiger partial charge in [-0.1, -0.05) is 12.1 Å². The Morgan fingerprint density at radius 3 is 2.70 bits per heavy atom. The fraction of sp³-hybridized carbons (Fsp3) is 0.0500. The third-order valence-electron chi connectivity index (χ3n) is 3.88. The predicted octanol–water partition coefficient (Wildman–Crippen LogP) is 4.16. The van der Waals surface area contributed by atoms with Crippen LogP contribution in [0.1, 0.15) is 16.1 Å². The molecule has 134 valence electrons. The Labute approximate surface area is 160 Å². The summed E-state index contributed by atoms with van der Waals surface area (Å²) < 4.78 is 7.54. The van der Waals surface area contributed by atoms with E-state index in [1.807, 2.05) is 54.0 Å². The maximum atomic E-state index is 12.7. The van der Waals surface area contributed by atoms with E-state index in [9.17, 15) is 4.79 Å². The molecular formula is C20H16N4O2S. The quantitative estimate of drug-likeness (QED) is 0.549. The zero-order valence-corrected chi connectivity index (χ0v) is 15.1. The maximum absolute atomic E-state index is 12.7. The van der Waals surface area contributed by atoms with Crippen LogP contribution in [-0.4, -0.2) is 20.7 Å². The van der Waals surface area contributed by atoms with Gasteiger partial charge in [0.25, 0.3) is 5.91 Å². The average Bonchev–Trinajstić information content (AvgIpc) is 3.41. The van der Waals surface area contributed by atoms with Crippen LogP contribution >= 0.6 is 11.3 Å².